The van der Waals surface area contributed by atoms with E-state index in [0.717, 1.165) is 17.0 Å². The molecule has 33 heavy (non-hydrogen) atoms. The van der Waals surface area contributed by atoms with Crippen LogP contribution in [0.1, 0.15) is 30.3 Å². The van der Waals surface area contributed by atoms with Crippen molar-refractivity contribution in [2.45, 2.75) is 26.1 Å². The zero-order valence-electron chi connectivity index (χ0n) is 17.4. The van der Waals surface area contributed by atoms with Crippen molar-refractivity contribution in [2.75, 3.05) is 11.4 Å². The Morgan fingerprint density at radius 1 is 1.21 bits per heavy atom. The molecule has 0 saturated carbocycles. The van der Waals surface area contributed by atoms with E-state index < -0.39 is 23.6 Å². The number of hydrogen-bond donors (Lipinski definition) is 1. The van der Waals surface area contributed by atoms with Crippen LogP contribution in [-0.2, 0) is 22.3 Å². The van der Waals surface area contributed by atoms with Crippen LogP contribution in [0.2, 0.25) is 0 Å². The highest BCUT2D eigenvalue weighted by atomic mass is 19.4. The van der Waals surface area contributed by atoms with E-state index >= 15 is 0 Å². The minimum absolute atomic E-state index is 0.0985. The van der Waals surface area contributed by atoms with Gasteiger partial charge in [-0.15, -0.1) is 0 Å². The molecule has 1 N–H and O–H groups in total. The summed E-state index contributed by atoms with van der Waals surface area (Å²) in [7, 11) is 0. The number of rotatable bonds is 3. The molecule has 0 bridgehead atoms. The number of amides is 1. The molecule has 4 rings (SSSR count). The summed E-state index contributed by atoms with van der Waals surface area (Å²) >= 11 is 0. The number of carbonyl (C=O) groups excluding carboxylic acids is 1. The molecule has 2 heterocycles. The van der Waals surface area contributed by atoms with Crippen molar-refractivity contribution in [3.63, 3.8) is 0 Å². The van der Waals surface area contributed by atoms with Gasteiger partial charge in [-0.2, -0.15) is 13.2 Å². The van der Waals surface area contributed by atoms with Gasteiger partial charge in [-0.3, -0.25) is 14.2 Å². The van der Waals surface area contributed by atoms with Gasteiger partial charge in [0.1, 0.15) is 5.82 Å². The fourth-order valence-corrected chi connectivity index (χ4v) is 3.88. The maximum absolute atomic E-state index is 13.0. The number of aliphatic carboxylic acids is 1. The molecule has 0 fully saturated rings. The van der Waals surface area contributed by atoms with Crippen molar-refractivity contribution >= 4 is 40.1 Å². The minimum Gasteiger partial charge on any atom is -0.474 e. The van der Waals surface area contributed by atoms with Crippen LogP contribution in [-0.4, -0.2) is 33.1 Å². The highest BCUT2D eigenvalue weighted by Crippen LogP contribution is 2.32. The second kappa shape index (κ2) is 8.19. The normalized spacial score (nSPS) is 14.5. The van der Waals surface area contributed by atoms with Crippen LogP contribution in [0, 0.1) is 0 Å². The third-order valence-electron chi connectivity index (χ3n) is 5.44. The summed E-state index contributed by atoms with van der Waals surface area (Å²) in [6.45, 7) is 2.05. The number of hydrogen-bond acceptors (Lipinski definition) is 4. The molecule has 0 unspecified atom stereocenters. The SMILES string of the molecule is CCN(C(=O)C(=O)O)c1ccc2c(=O)n3c(nc2c1)C(=Cc1cccc(C(F)(F)F)c1)CC3. The van der Waals surface area contributed by atoms with E-state index in [9.17, 15) is 27.6 Å². The minimum atomic E-state index is -4.47. The average Bonchev–Trinajstić information content (AvgIpc) is 3.16. The molecule has 0 aliphatic carbocycles. The zero-order valence-corrected chi connectivity index (χ0v) is 17.4. The van der Waals surface area contributed by atoms with E-state index in [2.05, 4.69) is 4.98 Å². The van der Waals surface area contributed by atoms with Gasteiger partial charge in [-0.25, -0.2) is 9.78 Å². The standard InChI is InChI=1S/C23H18F3N3O4/c1-2-28(21(31)22(32)33)16-6-7-17-18(12-16)27-19-14(8-9-29(19)20(17)30)10-13-4-3-5-15(11-13)23(24,25)26/h3-7,10-12H,2,8-9H2,1H3,(H,32,33). The first-order valence-corrected chi connectivity index (χ1v) is 10.1. The van der Waals surface area contributed by atoms with Gasteiger partial charge >= 0.3 is 18.1 Å². The number of nitrogens with zero attached hydrogens (tertiary/aromatic N) is 3. The summed E-state index contributed by atoms with van der Waals surface area (Å²) in [6.07, 6.45) is -2.48. The van der Waals surface area contributed by atoms with Crippen molar-refractivity contribution in [2.24, 2.45) is 0 Å². The molecule has 1 amide bonds. The van der Waals surface area contributed by atoms with Gasteiger partial charge < -0.3 is 10.0 Å². The Balaban J connectivity index is 1.81. The summed E-state index contributed by atoms with van der Waals surface area (Å²) in [5, 5.41) is 9.33. The van der Waals surface area contributed by atoms with Crippen LogP contribution < -0.4 is 10.5 Å². The molecule has 1 aliphatic rings. The van der Waals surface area contributed by atoms with Crippen LogP contribution >= 0.6 is 0 Å². The largest absolute Gasteiger partial charge is 0.474 e. The number of allylic oxidation sites excluding steroid dienone is 1. The molecule has 0 spiro atoms. The molecule has 7 nitrogen and oxygen atoms in total. The van der Waals surface area contributed by atoms with Crippen molar-refractivity contribution in [3.05, 3.63) is 69.8 Å². The molecule has 1 aromatic heterocycles. The lowest BCUT2D eigenvalue weighted by molar-refractivity contribution is -0.148. The highest BCUT2D eigenvalue weighted by Gasteiger charge is 2.30. The van der Waals surface area contributed by atoms with E-state index in [1.807, 2.05) is 0 Å². The van der Waals surface area contributed by atoms with Crippen LogP contribution in [0.3, 0.4) is 0 Å². The number of anilines is 1. The van der Waals surface area contributed by atoms with Gasteiger partial charge in [0, 0.05) is 18.8 Å². The molecule has 0 atom stereocenters. The Bertz CT molecular complexity index is 1380. The number of carboxylic acid groups (broad SMARTS) is 1. The predicted molar refractivity (Wildman–Crippen MR) is 116 cm³/mol. The maximum atomic E-state index is 13.0. The molecule has 2 aromatic carbocycles. The Hall–Kier alpha value is -3.95. The van der Waals surface area contributed by atoms with E-state index in [-0.39, 0.29) is 23.3 Å². The quantitative estimate of drug-likeness (QED) is 0.604. The van der Waals surface area contributed by atoms with Crippen molar-refractivity contribution in [1.82, 2.24) is 9.55 Å². The second-order valence-corrected chi connectivity index (χ2v) is 7.49. The van der Waals surface area contributed by atoms with Crippen LogP contribution in [0.25, 0.3) is 22.6 Å². The van der Waals surface area contributed by atoms with Crippen LogP contribution in [0.4, 0.5) is 18.9 Å². The van der Waals surface area contributed by atoms with Gasteiger partial charge in [0.25, 0.3) is 5.56 Å². The van der Waals surface area contributed by atoms with E-state index in [1.165, 1.54) is 28.8 Å². The van der Waals surface area contributed by atoms with Gasteiger partial charge in [-0.05, 0) is 60.9 Å². The number of carboxylic acids is 1. The molecular weight excluding hydrogens is 439 g/mol. The zero-order chi connectivity index (χ0) is 23.9. The van der Waals surface area contributed by atoms with Gasteiger partial charge in [0.05, 0.1) is 16.5 Å². The smallest absolute Gasteiger partial charge is 0.416 e. The van der Waals surface area contributed by atoms with Gasteiger partial charge in [0.2, 0.25) is 0 Å². The summed E-state index contributed by atoms with van der Waals surface area (Å²) < 4.78 is 40.6. The van der Waals surface area contributed by atoms with Crippen molar-refractivity contribution < 1.29 is 27.9 Å². The summed E-state index contributed by atoms with van der Waals surface area (Å²) in [5.41, 5.74) is 0.383. The molecular formula is C23H18F3N3O4. The molecule has 170 valence electrons. The fourth-order valence-electron chi connectivity index (χ4n) is 3.88. The average molecular weight is 457 g/mol. The van der Waals surface area contributed by atoms with E-state index in [4.69, 9.17) is 5.11 Å². The Labute approximate surface area is 185 Å². The molecule has 3 aromatic rings. The summed E-state index contributed by atoms with van der Waals surface area (Å²) in [4.78, 5) is 41.6. The van der Waals surface area contributed by atoms with E-state index in [1.54, 1.807) is 19.1 Å². The third kappa shape index (κ3) is 4.11. The van der Waals surface area contributed by atoms with Crippen LogP contribution in [0.15, 0.2) is 47.3 Å². The first-order valence-electron chi connectivity index (χ1n) is 10.1. The number of halogens is 3. The van der Waals surface area contributed by atoms with Crippen molar-refractivity contribution in [3.8, 4) is 0 Å². The van der Waals surface area contributed by atoms with Crippen molar-refractivity contribution in [1.29, 1.82) is 0 Å². The number of benzene rings is 2. The molecule has 0 saturated heterocycles. The molecule has 10 heteroatoms. The first-order chi connectivity index (χ1) is 15.6. The Morgan fingerprint density at radius 3 is 2.64 bits per heavy atom. The maximum Gasteiger partial charge on any atom is 0.416 e. The van der Waals surface area contributed by atoms with E-state index in [0.29, 0.717) is 35.3 Å². The topological polar surface area (TPSA) is 92.5 Å². The fraction of sp³-hybridized carbons (Fsp3) is 0.217. The van der Waals surface area contributed by atoms with Crippen LogP contribution in [0.5, 0.6) is 0 Å². The Morgan fingerprint density at radius 2 is 1.97 bits per heavy atom. The third-order valence-corrected chi connectivity index (χ3v) is 5.44. The lowest BCUT2D eigenvalue weighted by atomic mass is 10.1. The number of carbonyl (C=O) groups is 2. The Kier molecular flexibility index (Phi) is 5.52. The predicted octanol–water partition coefficient (Wildman–Crippen LogP) is 3.80. The second-order valence-electron chi connectivity index (χ2n) is 7.49. The highest BCUT2D eigenvalue weighted by molar-refractivity contribution is 6.37. The first kappa shape index (κ1) is 22.3. The molecule has 0 radical (unpaired) electrons. The molecule has 1 aliphatic heterocycles. The number of alkyl halides is 3. The summed E-state index contributed by atoms with van der Waals surface area (Å²) in [6, 6.07) is 9.30. The van der Waals surface area contributed by atoms with Gasteiger partial charge in [0.15, 0.2) is 0 Å². The van der Waals surface area contributed by atoms with Gasteiger partial charge in [-0.1, -0.05) is 12.1 Å². The lowest BCUT2D eigenvalue weighted by Gasteiger charge is -2.19. The lowest BCUT2D eigenvalue weighted by Crippen LogP contribution is -2.36. The number of likely N-dealkylation sites (N-methyl/N-ethyl adjacent to an activating group) is 1. The number of aromatic nitrogens is 2. The summed E-state index contributed by atoms with van der Waals surface area (Å²) in [5.74, 6) is -2.39. The monoisotopic (exact) mass is 457 g/mol. The number of fused-ring (bicyclic) bond motifs is 2.